The van der Waals surface area contributed by atoms with E-state index in [9.17, 15) is 18.8 Å². The number of nitrogens with zero attached hydrogens (tertiary/aromatic N) is 1. The van der Waals surface area contributed by atoms with Gasteiger partial charge in [0, 0.05) is 13.0 Å². The molecule has 112 valence electrons. The Balaban J connectivity index is 2.28. The number of carbonyl (C=O) groups is 3. The van der Waals surface area contributed by atoms with Crippen molar-refractivity contribution in [2.75, 3.05) is 6.54 Å². The summed E-state index contributed by atoms with van der Waals surface area (Å²) >= 11 is 0. The molecule has 0 bridgehead atoms. The van der Waals surface area contributed by atoms with Crippen LogP contribution in [0.1, 0.15) is 24.4 Å². The highest BCUT2D eigenvalue weighted by Crippen LogP contribution is 2.31. The van der Waals surface area contributed by atoms with Crippen molar-refractivity contribution in [3.63, 3.8) is 0 Å². The molecule has 1 aliphatic heterocycles. The van der Waals surface area contributed by atoms with Crippen LogP contribution in [0.5, 0.6) is 0 Å². The summed E-state index contributed by atoms with van der Waals surface area (Å²) in [5.41, 5.74) is 0.471. The second-order valence-electron chi connectivity index (χ2n) is 4.95. The number of likely N-dealkylation sites (tertiary alicyclic amines) is 1. The molecule has 1 aromatic rings. The lowest BCUT2D eigenvalue weighted by atomic mass is 10.0. The zero-order chi connectivity index (χ0) is 15.6. The van der Waals surface area contributed by atoms with Gasteiger partial charge < -0.3 is 15.1 Å². The van der Waals surface area contributed by atoms with E-state index >= 15 is 0 Å². The summed E-state index contributed by atoms with van der Waals surface area (Å²) in [6.07, 6.45) is -0.504. The number of amides is 1. The molecule has 0 aliphatic carbocycles. The van der Waals surface area contributed by atoms with Gasteiger partial charge in [-0.25, -0.2) is 4.39 Å². The standard InChI is InChI=1S/C14H14FNO5/c15-10-3-1-8(2-4-10)11(6-13(18)19)16-7-9(14(20)21)5-12(16)17/h1-4,9,11H,5-7H2,(H,18,19)(H,20,21). The lowest BCUT2D eigenvalue weighted by Crippen LogP contribution is -2.32. The average molecular weight is 295 g/mol. The number of carboxylic acid groups (broad SMARTS) is 2. The van der Waals surface area contributed by atoms with Gasteiger partial charge in [0.25, 0.3) is 0 Å². The quantitative estimate of drug-likeness (QED) is 0.853. The predicted molar refractivity (Wildman–Crippen MR) is 68.8 cm³/mol. The van der Waals surface area contributed by atoms with E-state index in [4.69, 9.17) is 10.2 Å². The largest absolute Gasteiger partial charge is 0.481 e. The van der Waals surface area contributed by atoms with E-state index in [1.165, 1.54) is 29.2 Å². The molecule has 2 rings (SSSR count). The molecule has 1 saturated heterocycles. The SMILES string of the molecule is O=C(O)CC(c1ccc(F)cc1)N1CC(C(=O)O)CC1=O. The summed E-state index contributed by atoms with van der Waals surface area (Å²) in [6.45, 7) is -0.0382. The van der Waals surface area contributed by atoms with Gasteiger partial charge in [-0.3, -0.25) is 14.4 Å². The number of rotatable bonds is 5. The lowest BCUT2D eigenvalue weighted by Gasteiger charge is -2.27. The van der Waals surface area contributed by atoms with Crippen molar-refractivity contribution in [1.82, 2.24) is 4.90 Å². The Hall–Kier alpha value is -2.44. The maximum absolute atomic E-state index is 13.0. The Morgan fingerprint density at radius 3 is 2.38 bits per heavy atom. The molecule has 1 heterocycles. The number of benzene rings is 1. The van der Waals surface area contributed by atoms with Crippen LogP contribution in [0.4, 0.5) is 4.39 Å². The van der Waals surface area contributed by atoms with Crippen LogP contribution in [-0.2, 0) is 14.4 Å². The van der Waals surface area contributed by atoms with Crippen LogP contribution < -0.4 is 0 Å². The zero-order valence-corrected chi connectivity index (χ0v) is 11.0. The summed E-state index contributed by atoms with van der Waals surface area (Å²) in [5, 5.41) is 18.0. The smallest absolute Gasteiger partial charge is 0.308 e. The molecule has 0 aromatic heterocycles. The van der Waals surface area contributed by atoms with E-state index in [-0.39, 0.29) is 19.4 Å². The highest BCUT2D eigenvalue weighted by Gasteiger charge is 2.39. The minimum absolute atomic E-state index is 0.0382. The summed E-state index contributed by atoms with van der Waals surface area (Å²) < 4.78 is 13.0. The minimum atomic E-state index is -1.11. The number of hydrogen-bond donors (Lipinski definition) is 2. The molecule has 7 heteroatoms. The first-order valence-electron chi connectivity index (χ1n) is 6.38. The molecule has 1 amide bonds. The fraction of sp³-hybridized carbons (Fsp3) is 0.357. The molecule has 1 aromatic carbocycles. The van der Waals surface area contributed by atoms with Crippen molar-refractivity contribution in [2.24, 2.45) is 5.92 Å². The fourth-order valence-corrected chi connectivity index (χ4v) is 2.46. The molecule has 0 spiro atoms. The zero-order valence-electron chi connectivity index (χ0n) is 11.0. The summed E-state index contributed by atoms with van der Waals surface area (Å²) in [4.78, 5) is 35.2. The van der Waals surface area contributed by atoms with Crippen LogP contribution >= 0.6 is 0 Å². The molecule has 2 N–H and O–H groups in total. The molecule has 1 fully saturated rings. The van der Waals surface area contributed by atoms with Gasteiger partial charge in [0.1, 0.15) is 5.82 Å². The molecule has 0 radical (unpaired) electrons. The molecule has 6 nitrogen and oxygen atoms in total. The Morgan fingerprint density at radius 1 is 1.29 bits per heavy atom. The van der Waals surface area contributed by atoms with Crippen molar-refractivity contribution in [1.29, 1.82) is 0 Å². The van der Waals surface area contributed by atoms with Crippen LogP contribution in [0.15, 0.2) is 24.3 Å². The second-order valence-corrected chi connectivity index (χ2v) is 4.95. The van der Waals surface area contributed by atoms with Gasteiger partial charge >= 0.3 is 11.9 Å². The van der Waals surface area contributed by atoms with Gasteiger partial charge in [0.2, 0.25) is 5.91 Å². The third-order valence-electron chi connectivity index (χ3n) is 3.51. The van der Waals surface area contributed by atoms with Crippen molar-refractivity contribution < 1.29 is 29.0 Å². The van der Waals surface area contributed by atoms with Crippen LogP contribution in [-0.4, -0.2) is 39.5 Å². The highest BCUT2D eigenvalue weighted by molar-refractivity contribution is 5.86. The third kappa shape index (κ3) is 3.36. The van der Waals surface area contributed by atoms with Gasteiger partial charge in [-0.15, -0.1) is 0 Å². The average Bonchev–Trinajstić information content (AvgIpc) is 2.79. The molecule has 2 atom stereocenters. The number of halogens is 1. The van der Waals surface area contributed by atoms with Crippen molar-refractivity contribution >= 4 is 17.8 Å². The van der Waals surface area contributed by atoms with Gasteiger partial charge in [0.05, 0.1) is 18.4 Å². The number of carbonyl (C=O) groups excluding carboxylic acids is 1. The fourth-order valence-electron chi connectivity index (χ4n) is 2.46. The van der Waals surface area contributed by atoms with Crippen LogP contribution in [0.3, 0.4) is 0 Å². The van der Waals surface area contributed by atoms with E-state index in [1.54, 1.807) is 0 Å². The second kappa shape index (κ2) is 5.90. The van der Waals surface area contributed by atoms with E-state index in [2.05, 4.69) is 0 Å². The first-order valence-corrected chi connectivity index (χ1v) is 6.38. The Kier molecular flexibility index (Phi) is 4.21. The summed E-state index contributed by atoms with van der Waals surface area (Å²) in [5.74, 6) is -3.91. The maximum atomic E-state index is 13.0. The van der Waals surface area contributed by atoms with Crippen molar-refractivity contribution in [2.45, 2.75) is 18.9 Å². The number of aliphatic carboxylic acids is 2. The predicted octanol–water partition coefficient (Wildman–Crippen LogP) is 1.27. The highest BCUT2D eigenvalue weighted by atomic mass is 19.1. The topological polar surface area (TPSA) is 94.9 Å². The monoisotopic (exact) mass is 295 g/mol. The Bertz CT molecular complexity index is 571. The molecular weight excluding hydrogens is 281 g/mol. The van der Waals surface area contributed by atoms with Gasteiger partial charge in [-0.1, -0.05) is 12.1 Å². The van der Waals surface area contributed by atoms with Crippen LogP contribution in [0.25, 0.3) is 0 Å². The van der Waals surface area contributed by atoms with E-state index < -0.39 is 35.6 Å². The Labute approximate surface area is 119 Å². The van der Waals surface area contributed by atoms with Gasteiger partial charge in [-0.05, 0) is 17.7 Å². The van der Waals surface area contributed by atoms with E-state index in [1.807, 2.05) is 0 Å². The van der Waals surface area contributed by atoms with Crippen LogP contribution in [0.2, 0.25) is 0 Å². The van der Waals surface area contributed by atoms with Crippen molar-refractivity contribution in [3.8, 4) is 0 Å². The van der Waals surface area contributed by atoms with Gasteiger partial charge in [0.15, 0.2) is 0 Å². The molecule has 0 saturated carbocycles. The normalized spacial score (nSPS) is 19.6. The minimum Gasteiger partial charge on any atom is -0.481 e. The molecule has 1 aliphatic rings. The summed E-state index contributed by atoms with van der Waals surface area (Å²) in [6, 6.07) is 4.38. The summed E-state index contributed by atoms with van der Waals surface area (Å²) in [7, 11) is 0. The molecular formula is C14H14FNO5. The number of carboxylic acids is 2. The van der Waals surface area contributed by atoms with Gasteiger partial charge in [-0.2, -0.15) is 0 Å². The maximum Gasteiger partial charge on any atom is 0.308 e. The molecule has 2 unspecified atom stereocenters. The lowest BCUT2D eigenvalue weighted by molar-refractivity contribution is -0.141. The van der Waals surface area contributed by atoms with E-state index in [0.29, 0.717) is 5.56 Å². The van der Waals surface area contributed by atoms with Crippen LogP contribution in [0, 0.1) is 11.7 Å². The molecule has 21 heavy (non-hydrogen) atoms. The van der Waals surface area contributed by atoms with E-state index in [0.717, 1.165) is 0 Å². The van der Waals surface area contributed by atoms with Crippen molar-refractivity contribution in [3.05, 3.63) is 35.6 Å². The Morgan fingerprint density at radius 2 is 1.90 bits per heavy atom. The first-order chi connectivity index (χ1) is 9.88. The third-order valence-corrected chi connectivity index (χ3v) is 3.51. The number of hydrogen-bond acceptors (Lipinski definition) is 3. The first kappa shape index (κ1) is 15.0.